The molecule has 0 aromatic heterocycles. The van der Waals surface area contributed by atoms with Crippen molar-refractivity contribution in [3.05, 3.63) is 28.8 Å². The van der Waals surface area contributed by atoms with E-state index in [1.807, 2.05) is 6.92 Å². The van der Waals surface area contributed by atoms with Gasteiger partial charge >= 0.3 is 0 Å². The van der Waals surface area contributed by atoms with Gasteiger partial charge in [-0.25, -0.2) is 0 Å². The SMILES string of the molecule is CCCCNC(=O)c1c(O)cccc1Cl. The molecule has 0 aliphatic heterocycles. The number of amides is 1. The Morgan fingerprint density at radius 2 is 2.27 bits per heavy atom. The van der Waals surface area contributed by atoms with E-state index in [1.165, 1.54) is 6.07 Å². The minimum atomic E-state index is -0.327. The van der Waals surface area contributed by atoms with E-state index in [2.05, 4.69) is 5.32 Å². The van der Waals surface area contributed by atoms with Crippen LogP contribution in [-0.4, -0.2) is 17.6 Å². The predicted octanol–water partition coefficient (Wildman–Crippen LogP) is 2.58. The van der Waals surface area contributed by atoms with Crippen molar-refractivity contribution in [1.29, 1.82) is 0 Å². The third kappa shape index (κ3) is 3.13. The molecule has 0 saturated heterocycles. The molecular weight excluding hydrogens is 214 g/mol. The van der Waals surface area contributed by atoms with Crippen LogP contribution in [0.25, 0.3) is 0 Å². The second kappa shape index (κ2) is 5.61. The van der Waals surface area contributed by atoms with E-state index in [9.17, 15) is 9.90 Å². The third-order valence-corrected chi connectivity index (χ3v) is 2.35. The van der Waals surface area contributed by atoms with Gasteiger partial charge in [0.15, 0.2) is 0 Å². The van der Waals surface area contributed by atoms with Crippen LogP contribution in [0.15, 0.2) is 18.2 Å². The maximum absolute atomic E-state index is 11.6. The number of benzene rings is 1. The fraction of sp³-hybridized carbons (Fsp3) is 0.364. The molecule has 0 atom stereocenters. The van der Waals surface area contributed by atoms with Crippen LogP contribution in [0.5, 0.6) is 5.75 Å². The van der Waals surface area contributed by atoms with Gasteiger partial charge in [-0.15, -0.1) is 0 Å². The van der Waals surface area contributed by atoms with E-state index in [1.54, 1.807) is 12.1 Å². The van der Waals surface area contributed by atoms with Gasteiger partial charge in [0, 0.05) is 6.54 Å². The summed E-state index contributed by atoms with van der Waals surface area (Å²) in [6.45, 7) is 2.64. The highest BCUT2D eigenvalue weighted by Gasteiger charge is 2.13. The molecule has 0 radical (unpaired) electrons. The smallest absolute Gasteiger partial charge is 0.256 e. The molecule has 1 amide bonds. The molecule has 0 unspecified atom stereocenters. The molecule has 0 saturated carbocycles. The molecule has 1 aromatic rings. The van der Waals surface area contributed by atoms with Crippen LogP contribution in [0.4, 0.5) is 0 Å². The number of phenolic OH excluding ortho intramolecular Hbond substituents is 1. The number of phenols is 1. The zero-order chi connectivity index (χ0) is 11.3. The molecule has 0 aliphatic rings. The molecular formula is C11H14ClNO2. The van der Waals surface area contributed by atoms with Gasteiger partial charge in [-0.05, 0) is 18.6 Å². The van der Waals surface area contributed by atoms with Crippen molar-refractivity contribution < 1.29 is 9.90 Å². The van der Waals surface area contributed by atoms with Crippen LogP contribution >= 0.6 is 11.6 Å². The molecule has 4 heteroatoms. The summed E-state index contributed by atoms with van der Waals surface area (Å²) in [4.78, 5) is 11.6. The number of aromatic hydroxyl groups is 1. The Balaban J connectivity index is 2.73. The first-order chi connectivity index (χ1) is 7.16. The Bertz CT molecular complexity index is 332. The molecule has 0 fully saturated rings. The number of hydrogen-bond donors (Lipinski definition) is 2. The van der Waals surface area contributed by atoms with E-state index in [0.29, 0.717) is 6.54 Å². The first-order valence-electron chi connectivity index (χ1n) is 4.92. The molecule has 15 heavy (non-hydrogen) atoms. The van der Waals surface area contributed by atoms with Crippen molar-refractivity contribution in [2.75, 3.05) is 6.54 Å². The van der Waals surface area contributed by atoms with Crippen molar-refractivity contribution in [3.63, 3.8) is 0 Å². The lowest BCUT2D eigenvalue weighted by Gasteiger charge is -2.07. The van der Waals surface area contributed by atoms with Crippen LogP contribution in [0.3, 0.4) is 0 Å². The van der Waals surface area contributed by atoms with Crippen LogP contribution < -0.4 is 5.32 Å². The first kappa shape index (κ1) is 11.9. The average Bonchev–Trinajstić information content (AvgIpc) is 2.18. The van der Waals surface area contributed by atoms with Crippen LogP contribution in [0.1, 0.15) is 30.1 Å². The number of carbonyl (C=O) groups excluding carboxylic acids is 1. The minimum absolute atomic E-state index is 0.0866. The second-order valence-electron chi connectivity index (χ2n) is 3.24. The summed E-state index contributed by atoms with van der Waals surface area (Å²) in [6, 6.07) is 4.62. The largest absolute Gasteiger partial charge is 0.507 e. The zero-order valence-corrected chi connectivity index (χ0v) is 9.34. The van der Waals surface area contributed by atoms with Gasteiger partial charge in [0.25, 0.3) is 5.91 Å². The van der Waals surface area contributed by atoms with Crippen LogP contribution in [0.2, 0.25) is 5.02 Å². The highest BCUT2D eigenvalue weighted by Crippen LogP contribution is 2.24. The monoisotopic (exact) mass is 227 g/mol. The molecule has 1 aromatic carbocycles. The lowest BCUT2D eigenvalue weighted by Crippen LogP contribution is -2.24. The van der Waals surface area contributed by atoms with E-state index in [-0.39, 0.29) is 22.2 Å². The van der Waals surface area contributed by atoms with E-state index < -0.39 is 0 Å². The van der Waals surface area contributed by atoms with Crippen molar-refractivity contribution in [2.24, 2.45) is 0 Å². The number of hydrogen-bond acceptors (Lipinski definition) is 2. The highest BCUT2D eigenvalue weighted by molar-refractivity contribution is 6.34. The Kier molecular flexibility index (Phi) is 4.43. The molecule has 3 nitrogen and oxygen atoms in total. The minimum Gasteiger partial charge on any atom is -0.507 e. The Labute approximate surface area is 94.1 Å². The highest BCUT2D eigenvalue weighted by atomic mass is 35.5. The number of rotatable bonds is 4. The molecule has 0 bridgehead atoms. The summed E-state index contributed by atoms with van der Waals surface area (Å²) >= 11 is 5.82. The second-order valence-corrected chi connectivity index (χ2v) is 3.65. The molecule has 1 rings (SSSR count). The van der Waals surface area contributed by atoms with Crippen molar-refractivity contribution in [2.45, 2.75) is 19.8 Å². The summed E-state index contributed by atoms with van der Waals surface area (Å²) in [5, 5.41) is 12.4. The normalized spacial score (nSPS) is 10.0. The van der Waals surface area contributed by atoms with Crippen LogP contribution in [-0.2, 0) is 0 Å². The van der Waals surface area contributed by atoms with E-state index >= 15 is 0 Å². The number of nitrogens with one attached hydrogen (secondary N) is 1. The maximum atomic E-state index is 11.6. The Morgan fingerprint density at radius 1 is 1.53 bits per heavy atom. The van der Waals surface area contributed by atoms with Crippen molar-refractivity contribution >= 4 is 17.5 Å². The quantitative estimate of drug-likeness (QED) is 0.777. The summed E-state index contributed by atoms with van der Waals surface area (Å²) in [7, 11) is 0. The predicted molar refractivity (Wildman–Crippen MR) is 60.4 cm³/mol. The summed E-state index contributed by atoms with van der Waals surface area (Å²) in [6.07, 6.45) is 1.92. The van der Waals surface area contributed by atoms with Gasteiger partial charge in [-0.1, -0.05) is 31.0 Å². The van der Waals surface area contributed by atoms with Gasteiger partial charge in [-0.3, -0.25) is 4.79 Å². The fourth-order valence-electron chi connectivity index (χ4n) is 1.20. The van der Waals surface area contributed by atoms with Crippen molar-refractivity contribution in [1.82, 2.24) is 5.32 Å². The Hall–Kier alpha value is -1.22. The standard InChI is InChI=1S/C11H14ClNO2/c1-2-3-7-13-11(15)10-8(12)5-4-6-9(10)14/h4-6,14H,2-3,7H2,1H3,(H,13,15). The van der Waals surface area contributed by atoms with Crippen LogP contribution in [0, 0.1) is 0 Å². The number of carbonyl (C=O) groups is 1. The van der Waals surface area contributed by atoms with Gasteiger partial charge in [0.1, 0.15) is 5.75 Å². The molecule has 0 aliphatic carbocycles. The summed E-state index contributed by atoms with van der Waals surface area (Å²) < 4.78 is 0. The number of unbranched alkanes of at least 4 members (excludes halogenated alkanes) is 1. The average molecular weight is 228 g/mol. The van der Waals surface area contributed by atoms with Gasteiger partial charge in [0.2, 0.25) is 0 Å². The third-order valence-electron chi connectivity index (χ3n) is 2.03. The Morgan fingerprint density at radius 3 is 2.87 bits per heavy atom. The summed E-state index contributed by atoms with van der Waals surface area (Å²) in [5.74, 6) is -0.414. The zero-order valence-electron chi connectivity index (χ0n) is 8.59. The molecule has 0 heterocycles. The molecule has 82 valence electrons. The van der Waals surface area contributed by atoms with Gasteiger partial charge in [-0.2, -0.15) is 0 Å². The van der Waals surface area contributed by atoms with Crippen molar-refractivity contribution in [3.8, 4) is 5.75 Å². The first-order valence-corrected chi connectivity index (χ1v) is 5.30. The fourth-order valence-corrected chi connectivity index (χ4v) is 1.46. The van der Waals surface area contributed by atoms with E-state index in [4.69, 9.17) is 11.6 Å². The lowest BCUT2D eigenvalue weighted by molar-refractivity contribution is 0.0950. The van der Waals surface area contributed by atoms with E-state index in [0.717, 1.165) is 12.8 Å². The van der Waals surface area contributed by atoms with Gasteiger partial charge in [0.05, 0.1) is 10.6 Å². The lowest BCUT2D eigenvalue weighted by atomic mass is 10.2. The molecule has 0 spiro atoms. The number of halogens is 1. The molecule has 2 N–H and O–H groups in total. The summed E-state index contributed by atoms with van der Waals surface area (Å²) in [5.41, 5.74) is 0.148. The topological polar surface area (TPSA) is 49.3 Å². The maximum Gasteiger partial charge on any atom is 0.256 e. The van der Waals surface area contributed by atoms with Gasteiger partial charge < -0.3 is 10.4 Å².